The van der Waals surface area contributed by atoms with Crippen LogP contribution in [0.15, 0.2) is 47.6 Å². The number of aromatic nitrogens is 3. The summed E-state index contributed by atoms with van der Waals surface area (Å²) in [6, 6.07) is 12.3. The summed E-state index contributed by atoms with van der Waals surface area (Å²) in [7, 11) is 1.84. The molecular formula is C23H25ClIN5O2S. The van der Waals surface area contributed by atoms with Crippen molar-refractivity contribution in [1.82, 2.24) is 20.1 Å². The van der Waals surface area contributed by atoms with Gasteiger partial charge in [0.05, 0.1) is 11.8 Å². The fourth-order valence-electron chi connectivity index (χ4n) is 3.16. The highest BCUT2D eigenvalue weighted by Gasteiger charge is 2.25. The van der Waals surface area contributed by atoms with Crippen molar-refractivity contribution in [3.05, 3.63) is 68.0 Å². The second-order valence-corrected chi connectivity index (χ2v) is 10.5. The number of rotatable bonds is 8. The zero-order chi connectivity index (χ0) is 24.1. The van der Waals surface area contributed by atoms with Crippen molar-refractivity contribution in [2.45, 2.75) is 32.0 Å². The van der Waals surface area contributed by atoms with Gasteiger partial charge < -0.3 is 15.2 Å². The third-order valence-electron chi connectivity index (χ3n) is 5.00. The smallest absolute Gasteiger partial charge is 0.251 e. The molecule has 2 amide bonds. The number of thioether (sulfide) groups is 1. The lowest BCUT2D eigenvalue weighted by Crippen LogP contribution is -2.33. The first kappa shape index (κ1) is 25.5. The molecule has 1 heterocycles. The molecule has 33 heavy (non-hydrogen) atoms. The highest BCUT2D eigenvalue weighted by Crippen LogP contribution is 2.25. The van der Waals surface area contributed by atoms with Crippen molar-refractivity contribution in [2.24, 2.45) is 13.0 Å². The van der Waals surface area contributed by atoms with Crippen LogP contribution in [0.1, 0.15) is 41.6 Å². The van der Waals surface area contributed by atoms with Crippen LogP contribution in [-0.4, -0.2) is 32.3 Å². The lowest BCUT2D eigenvalue weighted by molar-refractivity contribution is -0.113. The first-order chi connectivity index (χ1) is 15.7. The quantitative estimate of drug-likeness (QED) is 0.274. The molecule has 0 aliphatic carbocycles. The number of halogens is 2. The van der Waals surface area contributed by atoms with Crippen molar-refractivity contribution < 1.29 is 9.59 Å². The average molecular weight is 598 g/mol. The van der Waals surface area contributed by atoms with Crippen LogP contribution in [0.2, 0.25) is 5.02 Å². The minimum absolute atomic E-state index is 0.0779. The Bertz CT molecular complexity index is 1150. The van der Waals surface area contributed by atoms with Gasteiger partial charge in [-0.2, -0.15) is 0 Å². The molecule has 1 atom stereocenters. The van der Waals surface area contributed by atoms with E-state index in [1.165, 1.54) is 11.8 Å². The molecule has 1 aromatic heterocycles. The molecule has 0 bridgehead atoms. The molecule has 0 aliphatic rings. The Labute approximate surface area is 216 Å². The van der Waals surface area contributed by atoms with Gasteiger partial charge in [-0.15, -0.1) is 10.2 Å². The minimum Gasteiger partial charge on any atom is -0.342 e. The summed E-state index contributed by atoms with van der Waals surface area (Å²) in [5, 5.41) is 15.7. The number of carbonyl (C=O) groups excluding carboxylic acids is 2. The van der Waals surface area contributed by atoms with E-state index in [1.807, 2.05) is 50.6 Å². The monoisotopic (exact) mass is 597 g/mol. The van der Waals surface area contributed by atoms with E-state index in [9.17, 15) is 9.59 Å². The molecule has 0 saturated carbocycles. The Hall–Kier alpha value is -2.11. The van der Waals surface area contributed by atoms with E-state index in [0.717, 1.165) is 14.8 Å². The number of hydrogen-bond donors (Lipinski definition) is 2. The molecule has 0 spiro atoms. The number of amides is 2. The Balaban J connectivity index is 1.66. The van der Waals surface area contributed by atoms with E-state index in [1.54, 1.807) is 24.3 Å². The van der Waals surface area contributed by atoms with Crippen molar-refractivity contribution >= 4 is 63.5 Å². The van der Waals surface area contributed by atoms with Crippen molar-refractivity contribution in [3.8, 4) is 0 Å². The SMILES string of the molecule is Cc1cc(I)ccc1NC(=O)CSc1nnc([C@@H](NC(=O)c2ccc(Cl)cc2)C(C)C)n1C. The van der Waals surface area contributed by atoms with Crippen LogP contribution in [0.25, 0.3) is 0 Å². The van der Waals surface area contributed by atoms with Crippen molar-refractivity contribution in [3.63, 3.8) is 0 Å². The van der Waals surface area contributed by atoms with Gasteiger partial charge in [-0.1, -0.05) is 37.2 Å². The molecule has 3 rings (SSSR count). The molecule has 2 N–H and O–H groups in total. The van der Waals surface area contributed by atoms with E-state index in [2.05, 4.69) is 43.4 Å². The number of hydrogen-bond acceptors (Lipinski definition) is 5. The molecule has 0 radical (unpaired) electrons. The maximum Gasteiger partial charge on any atom is 0.251 e. The molecule has 7 nitrogen and oxygen atoms in total. The van der Waals surface area contributed by atoms with Gasteiger partial charge in [0.25, 0.3) is 5.91 Å². The Kier molecular flexibility index (Phi) is 8.77. The number of benzene rings is 2. The van der Waals surface area contributed by atoms with Crippen LogP contribution in [-0.2, 0) is 11.8 Å². The van der Waals surface area contributed by atoms with E-state index in [-0.39, 0.29) is 29.5 Å². The predicted octanol–water partition coefficient (Wildman–Crippen LogP) is 5.24. The third-order valence-corrected chi connectivity index (χ3v) is 6.94. The van der Waals surface area contributed by atoms with Crippen LogP contribution in [0.5, 0.6) is 0 Å². The Morgan fingerprint density at radius 3 is 2.48 bits per heavy atom. The number of nitrogens with one attached hydrogen (secondary N) is 2. The van der Waals surface area contributed by atoms with Crippen LogP contribution >= 0.6 is 46.0 Å². The predicted molar refractivity (Wildman–Crippen MR) is 141 cm³/mol. The van der Waals surface area contributed by atoms with Gasteiger partial charge in [0.15, 0.2) is 11.0 Å². The summed E-state index contributed by atoms with van der Waals surface area (Å²) in [5.41, 5.74) is 2.33. The van der Waals surface area contributed by atoms with Crippen molar-refractivity contribution in [1.29, 1.82) is 0 Å². The topological polar surface area (TPSA) is 88.9 Å². The Morgan fingerprint density at radius 1 is 1.15 bits per heavy atom. The number of aryl methyl sites for hydroxylation is 1. The molecule has 2 aromatic carbocycles. The van der Waals surface area contributed by atoms with Crippen LogP contribution in [0, 0.1) is 16.4 Å². The third kappa shape index (κ3) is 6.70. The lowest BCUT2D eigenvalue weighted by Gasteiger charge is -2.21. The summed E-state index contributed by atoms with van der Waals surface area (Å²) < 4.78 is 2.94. The van der Waals surface area contributed by atoms with Gasteiger partial charge in [0.1, 0.15) is 0 Å². The van der Waals surface area contributed by atoms with Gasteiger partial charge in [-0.25, -0.2) is 0 Å². The second kappa shape index (κ2) is 11.3. The lowest BCUT2D eigenvalue weighted by atomic mass is 10.0. The van der Waals surface area contributed by atoms with E-state index >= 15 is 0 Å². The molecule has 3 aromatic rings. The summed E-state index contributed by atoms with van der Waals surface area (Å²) in [5.74, 6) is 0.568. The molecule has 0 saturated heterocycles. The number of carbonyl (C=O) groups is 2. The summed E-state index contributed by atoms with van der Waals surface area (Å²) >= 11 is 9.46. The van der Waals surface area contributed by atoms with Gasteiger partial charge >= 0.3 is 0 Å². The van der Waals surface area contributed by atoms with E-state index < -0.39 is 0 Å². The average Bonchev–Trinajstić information content (AvgIpc) is 3.12. The molecule has 10 heteroatoms. The summed E-state index contributed by atoms with van der Waals surface area (Å²) in [6.07, 6.45) is 0. The first-order valence-electron chi connectivity index (χ1n) is 10.3. The second-order valence-electron chi connectivity index (χ2n) is 7.90. The zero-order valence-electron chi connectivity index (χ0n) is 18.7. The maximum absolute atomic E-state index is 12.7. The normalized spacial score (nSPS) is 12.0. The fourth-order valence-corrected chi connectivity index (χ4v) is 4.65. The highest BCUT2D eigenvalue weighted by molar-refractivity contribution is 14.1. The molecular weight excluding hydrogens is 573 g/mol. The van der Waals surface area contributed by atoms with Crippen molar-refractivity contribution in [2.75, 3.05) is 11.1 Å². The number of nitrogens with zero attached hydrogens (tertiary/aromatic N) is 3. The van der Waals surface area contributed by atoms with Gasteiger partial charge in [-0.05, 0) is 83.5 Å². The van der Waals surface area contributed by atoms with Gasteiger partial charge in [-0.3, -0.25) is 9.59 Å². The van der Waals surface area contributed by atoms with Crippen LogP contribution in [0.3, 0.4) is 0 Å². The van der Waals surface area contributed by atoms with Gasteiger partial charge in [0.2, 0.25) is 5.91 Å². The molecule has 0 fully saturated rings. The van der Waals surface area contributed by atoms with Gasteiger partial charge in [0, 0.05) is 26.9 Å². The largest absolute Gasteiger partial charge is 0.342 e. The van der Waals surface area contributed by atoms with E-state index in [0.29, 0.717) is 21.6 Å². The summed E-state index contributed by atoms with van der Waals surface area (Å²) in [4.78, 5) is 25.2. The highest BCUT2D eigenvalue weighted by atomic mass is 127. The van der Waals surface area contributed by atoms with Crippen LogP contribution < -0.4 is 10.6 Å². The standard InChI is InChI=1S/C23H25ClIN5O2S/c1-13(2)20(27-22(32)15-5-7-16(24)8-6-15)21-28-29-23(30(21)4)33-12-19(31)26-18-10-9-17(25)11-14(18)3/h5-11,13,20H,12H2,1-4H3,(H,26,31)(H,27,32)/t20-/m0/s1. The Morgan fingerprint density at radius 2 is 1.85 bits per heavy atom. The zero-order valence-corrected chi connectivity index (χ0v) is 22.5. The fraction of sp³-hybridized carbons (Fsp3) is 0.304. The minimum atomic E-state index is -0.344. The number of anilines is 1. The van der Waals surface area contributed by atoms with E-state index in [4.69, 9.17) is 11.6 Å². The molecule has 0 unspecified atom stereocenters. The van der Waals surface area contributed by atoms with Crippen LogP contribution in [0.4, 0.5) is 5.69 Å². The first-order valence-corrected chi connectivity index (χ1v) is 12.7. The molecule has 0 aliphatic heterocycles. The molecule has 174 valence electrons. The summed E-state index contributed by atoms with van der Waals surface area (Å²) in [6.45, 7) is 5.97. The maximum atomic E-state index is 12.7.